The molecule has 130 valence electrons. The third-order valence-corrected chi connectivity index (χ3v) is 2.88. The molecule has 0 aromatic carbocycles. The molecule has 6 heteroatoms. The van der Waals surface area contributed by atoms with Crippen molar-refractivity contribution >= 4 is 11.9 Å². The van der Waals surface area contributed by atoms with Crippen LogP contribution >= 0.6 is 0 Å². The molecule has 6 nitrogen and oxygen atoms in total. The minimum atomic E-state index is -1.26. The maximum Gasteiger partial charge on any atom is 0.328 e. The molecule has 0 rings (SSSR count). The Morgan fingerprint density at radius 1 is 0.864 bits per heavy atom. The van der Waals surface area contributed by atoms with Gasteiger partial charge in [-0.1, -0.05) is 39.5 Å². The lowest BCUT2D eigenvalue weighted by atomic mass is 10.0. The van der Waals surface area contributed by atoms with Crippen molar-refractivity contribution in [3.8, 4) is 0 Å². The first-order chi connectivity index (χ1) is 10.3. The van der Waals surface area contributed by atoms with E-state index in [0.29, 0.717) is 12.2 Å². The molecule has 0 aliphatic heterocycles. The van der Waals surface area contributed by atoms with E-state index in [9.17, 15) is 14.7 Å². The fourth-order valence-electron chi connectivity index (χ4n) is 1.72. The molecule has 0 fully saturated rings. The topological polar surface area (TPSA) is 115 Å². The van der Waals surface area contributed by atoms with E-state index in [4.69, 9.17) is 15.3 Å². The van der Waals surface area contributed by atoms with Crippen molar-refractivity contribution in [1.82, 2.24) is 0 Å². The monoisotopic (exact) mass is 318 g/mol. The van der Waals surface area contributed by atoms with Crippen LogP contribution in [-0.4, -0.2) is 45.1 Å². The minimum absolute atomic E-state index is 0.193. The maximum atomic E-state index is 9.55. The van der Waals surface area contributed by atoms with Crippen LogP contribution in [0.3, 0.4) is 0 Å². The van der Waals surface area contributed by atoms with E-state index in [1.165, 1.54) is 19.3 Å². The van der Waals surface area contributed by atoms with Crippen LogP contribution in [0.2, 0.25) is 0 Å². The normalized spacial score (nSPS) is 12.0. The number of carbonyl (C=O) groups is 2. The Bertz CT molecular complexity index is 296. The zero-order valence-corrected chi connectivity index (χ0v) is 13.6. The number of hydrogen-bond acceptors (Lipinski definition) is 4. The van der Waals surface area contributed by atoms with Crippen LogP contribution < -0.4 is 0 Å². The Kier molecular flexibility index (Phi) is 16.6. The summed E-state index contributed by atoms with van der Waals surface area (Å²) in [6, 6.07) is 0. The molecule has 22 heavy (non-hydrogen) atoms. The first-order valence-corrected chi connectivity index (χ1v) is 7.72. The van der Waals surface area contributed by atoms with Gasteiger partial charge < -0.3 is 20.4 Å². The van der Waals surface area contributed by atoms with E-state index in [0.717, 1.165) is 31.6 Å². The summed E-state index contributed by atoms with van der Waals surface area (Å²) < 4.78 is 0. The van der Waals surface area contributed by atoms with E-state index in [1.54, 1.807) is 0 Å². The number of aliphatic hydroxyl groups is 2. The summed E-state index contributed by atoms with van der Waals surface area (Å²) in [4.78, 5) is 19.1. The first-order valence-electron chi connectivity index (χ1n) is 7.72. The van der Waals surface area contributed by atoms with Crippen molar-refractivity contribution in [3.63, 3.8) is 0 Å². The highest BCUT2D eigenvalue weighted by molar-refractivity contribution is 5.89. The van der Waals surface area contributed by atoms with Gasteiger partial charge in [0, 0.05) is 18.8 Å². The molecular formula is C16H30O6. The summed E-state index contributed by atoms with van der Waals surface area (Å²) in [5.41, 5.74) is 0. The Balaban J connectivity index is 0. The highest BCUT2D eigenvalue weighted by Gasteiger charge is 2.03. The van der Waals surface area contributed by atoms with E-state index >= 15 is 0 Å². The van der Waals surface area contributed by atoms with E-state index in [2.05, 4.69) is 13.8 Å². The van der Waals surface area contributed by atoms with Crippen molar-refractivity contribution in [2.75, 3.05) is 6.61 Å². The van der Waals surface area contributed by atoms with Crippen LogP contribution in [-0.2, 0) is 9.59 Å². The van der Waals surface area contributed by atoms with Crippen molar-refractivity contribution in [2.45, 2.75) is 64.9 Å². The molecule has 0 aromatic heterocycles. The molecule has 0 aliphatic carbocycles. The van der Waals surface area contributed by atoms with E-state index in [-0.39, 0.29) is 12.7 Å². The smallest absolute Gasteiger partial charge is 0.328 e. The average Bonchev–Trinajstić information content (AvgIpc) is 2.43. The van der Waals surface area contributed by atoms with Crippen LogP contribution in [0, 0.1) is 5.92 Å². The summed E-state index contributed by atoms with van der Waals surface area (Å²) in [7, 11) is 0. The molecule has 0 saturated heterocycles. The van der Waals surface area contributed by atoms with Gasteiger partial charge in [-0.05, 0) is 25.2 Å². The van der Waals surface area contributed by atoms with Crippen LogP contribution in [0.15, 0.2) is 12.2 Å². The van der Waals surface area contributed by atoms with Crippen LogP contribution in [0.25, 0.3) is 0 Å². The Morgan fingerprint density at radius 2 is 1.32 bits per heavy atom. The number of carboxylic acid groups (broad SMARTS) is 2. The van der Waals surface area contributed by atoms with Crippen molar-refractivity contribution in [2.24, 2.45) is 5.92 Å². The van der Waals surface area contributed by atoms with Crippen molar-refractivity contribution < 1.29 is 30.0 Å². The molecule has 0 aromatic rings. The quantitative estimate of drug-likeness (QED) is 0.343. The zero-order valence-electron chi connectivity index (χ0n) is 13.6. The highest BCUT2D eigenvalue weighted by atomic mass is 16.4. The molecule has 0 aliphatic rings. The Morgan fingerprint density at radius 3 is 1.73 bits per heavy atom. The summed E-state index contributed by atoms with van der Waals surface area (Å²) in [5, 5.41) is 33.7. The number of aliphatic hydroxyl groups excluding tert-OH is 2. The summed E-state index contributed by atoms with van der Waals surface area (Å²) in [5.74, 6) is -1.71. The van der Waals surface area contributed by atoms with Gasteiger partial charge in [-0.3, -0.25) is 0 Å². The third kappa shape index (κ3) is 23.7. The molecule has 0 amide bonds. The molecular weight excluding hydrogens is 288 g/mol. The molecule has 4 N–H and O–H groups in total. The molecule has 0 saturated carbocycles. The SMILES string of the molecule is CC(C)CCCCCC(O)CCCO.O=C(O)/C=C\C(=O)O. The van der Waals surface area contributed by atoms with Gasteiger partial charge in [0.05, 0.1) is 6.10 Å². The predicted molar refractivity (Wildman–Crippen MR) is 84.7 cm³/mol. The molecule has 0 radical (unpaired) electrons. The minimum Gasteiger partial charge on any atom is -0.478 e. The molecule has 0 heterocycles. The second-order valence-electron chi connectivity index (χ2n) is 5.56. The van der Waals surface area contributed by atoms with Gasteiger partial charge in [-0.25, -0.2) is 9.59 Å². The van der Waals surface area contributed by atoms with Crippen LogP contribution in [0.5, 0.6) is 0 Å². The summed E-state index contributed by atoms with van der Waals surface area (Å²) in [6.45, 7) is 4.69. The number of unbranched alkanes of at least 4 members (excludes halogenated alkanes) is 2. The fourth-order valence-corrected chi connectivity index (χ4v) is 1.72. The lowest BCUT2D eigenvalue weighted by molar-refractivity contribution is -0.134. The number of rotatable bonds is 11. The predicted octanol–water partition coefficient (Wildman–Crippen LogP) is 2.44. The molecule has 0 spiro atoms. The van der Waals surface area contributed by atoms with Gasteiger partial charge in [0.15, 0.2) is 0 Å². The lowest BCUT2D eigenvalue weighted by Gasteiger charge is -2.09. The number of aliphatic carboxylic acids is 2. The van der Waals surface area contributed by atoms with Gasteiger partial charge in [0.2, 0.25) is 0 Å². The molecule has 1 unspecified atom stereocenters. The fraction of sp³-hybridized carbons (Fsp3) is 0.750. The third-order valence-electron chi connectivity index (χ3n) is 2.88. The van der Waals surface area contributed by atoms with Crippen LogP contribution in [0.1, 0.15) is 58.8 Å². The first kappa shape index (κ1) is 22.9. The van der Waals surface area contributed by atoms with Gasteiger partial charge in [-0.15, -0.1) is 0 Å². The van der Waals surface area contributed by atoms with Crippen molar-refractivity contribution in [1.29, 1.82) is 0 Å². The Hall–Kier alpha value is -1.40. The molecule has 0 bridgehead atoms. The summed E-state index contributed by atoms with van der Waals surface area (Å²) in [6.07, 6.45) is 8.24. The van der Waals surface area contributed by atoms with E-state index in [1.807, 2.05) is 0 Å². The Labute approximate surface area is 132 Å². The van der Waals surface area contributed by atoms with E-state index < -0.39 is 11.9 Å². The largest absolute Gasteiger partial charge is 0.478 e. The lowest BCUT2D eigenvalue weighted by Crippen LogP contribution is -2.06. The number of carboxylic acids is 2. The maximum absolute atomic E-state index is 9.55. The van der Waals surface area contributed by atoms with Gasteiger partial charge >= 0.3 is 11.9 Å². The summed E-state index contributed by atoms with van der Waals surface area (Å²) >= 11 is 0. The molecule has 1 atom stereocenters. The average molecular weight is 318 g/mol. The van der Waals surface area contributed by atoms with Crippen LogP contribution in [0.4, 0.5) is 0 Å². The van der Waals surface area contributed by atoms with Crippen molar-refractivity contribution in [3.05, 3.63) is 12.2 Å². The van der Waals surface area contributed by atoms with Gasteiger partial charge in [0.25, 0.3) is 0 Å². The second kappa shape index (κ2) is 16.0. The van der Waals surface area contributed by atoms with Gasteiger partial charge in [0.1, 0.15) is 0 Å². The second-order valence-corrected chi connectivity index (χ2v) is 5.56. The zero-order chi connectivity index (χ0) is 17.4. The number of hydrogen-bond donors (Lipinski definition) is 4. The standard InChI is InChI=1S/C12H26O2.C4H4O4/c1-11(2)7-4-3-5-8-12(14)9-6-10-13;5-3(6)1-2-4(7)8/h11-14H,3-10H2,1-2H3;1-2H,(H,5,6)(H,7,8)/b;2-1-. The van der Waals surface area contributed by atoms with Gasteiger partial charge in [-0.2, -0.15) is 0 Å². The highest BCUT2D eigenvalue weighted by Crippen LogP contribution is 2.12.